The first-order valence-corrected chi connectivity index (χ1v) is 40.3. The zero-order chi connectivity index (χ0) is 58.2. The summed E-state index contributed by atoms with van der Waals surface area (Å²) in [6, 6.07) is 9.48. The fourth-order valence-corrected chi connectivity index (χ4v) is 21.8. The molecular formula is C72H102Cl2N2S7. The second-order valence-electron chi connectivity index (χ2n) is 24.6. The molecule has 0 amide bonds. The van der Waals surface area contributed by atoms with Gasteiger partial charge in [-0.25, -0.2) is 9.97 Å². The third kappa shape index (κ3) is 19.7. The Labute approximate surface area is 541 Å². The highest BCUT2D eigenvalue weighted by Gasteiger charge is 2.28. The Morgan fingerprint density at radius 3 is 1.07 bits per heavy atom. The fraction of sp³-hybridized carbons (Fsp3) is 0.639. The minimum Gasteiger partial charge on any atom is -0.241 e. The minimum atomic E-state index is 0.639. The summed E-state index contributed by atoms with van der Waals surface area (Å²) in [6.45, 7) is 13.9. The highest BCUT2D eigenvalue weighted by atomic mass is 35.5. The number of fused-ring (bicyclic) bond motifs is 3. The first kappa shape index (κ1) is 67.3. The summed E-state index contributed by atoms with van der Waals surface area (Å²) in [6.07, 6.45) is 49.4. The summed E-state index contributed by atoms with van der Waals surface area (Å²) < 4.78 is 5.76. The van der Waals surface area contributed by atoms with E-state index in [1.165, 1.54) is 277 Å². The Bertz CT molecular complexity index is 2900. The van der Waals surface area contributed by atoms with Gasteiger partial charge in [-0.15, -0.1) is 79.4 Å². The lowest BCUT2D eigenvalue weighted by atomic mass is 9.92. The van der Waals surface area contributed by atoms with Gasteiger partial charge in [0.15, 0.2) is 0 Å². The molecule has 83 heavy (non-hydrogen) atoms. The minimum absolute atomic E-state index is 0.639. The van der Waals surface area contributed by atoms with E-state index in [1.54, 1.807) is 0 Å². The monoisotopic (exact) mass is 1290 g/mol. The Morgan fingerprint density at radius 1 is 0.361 bits per heavy atom. The molecule has 0 fully saturated rings. The van der Waals surface area contributed by atoms with E-state index >= 15 is 0 Å². The standard InChI is InChI=1S/C72H102Cl2N2S7/c1-7-13-19-23-25-27-29-31-35-41-53-49-77-61-47-63(81-69(53)61)71-67-68(72(83-71)64-48-62-70(82-64)54(50-78-62)42-36-32-30-28-26-24-20-14-8-2)76-66(60-46-56(74)58(80-60)44-52(38-18-12-6)40-34-22-16-10-4)65(75-67)59-45-55(73)57(79-59)43-51(37-17-11-5)39-33-21-15-9-3/h45-52H,7-44H2,1-6H3. The maximum Gasteiger partial charge on any atom is 0.110 e. The van der Waals surface area contributed by atoms with Gasteiger partial charge in [0.05, 0.1) is 29.6 Å². The summed E-state index contributed by atoms with van der Waals surface area (Å²) in [5, 5.41) is 6.69. The van der Waals surface area contributed by atoms with E-state index in [0.29, 0.717) is 11.8 Å². The summed E-state index contributed by atoms with van der Waals surface area (Å²) in [5.74, 6) is 1.28. The second-order valence-corrected chi connectivity index (χ2v) is 32.6. The molecule has 0 aliphatic heterocycles. The number of hydrogen-bond acceptors (Lipinski definition) is 9. The van der Waals surface area contributed by atoms with E-state index in [2.05, 4.69) is 76.6 Å². The van der Waals surface area contributed by atoms with Crippen molar-refractivity contribution in [2.24, 2.45) is 11.8 Å². The Hall–Kier alpha value is -1.66. The number of thiophene rings is 7. The van der Waals surface area contributed by atoms with Crippen LogP contribution >= 0.6 is 103 Å². The van der Waals surface area contributed by atoms with Crippen LogP contribution in [0.15, 0.2) is 35.0 Å². The van der Waals surface area contributed by atoms with Gasteiger partial charge in [-0.1, -0.05) is 270 Å². The largest absolute Gasteiger partial charge is 0.241 e. The van der Waals surface area contributed by atoms with Gasteiger partial charge in [0, 0.05) is 38.3 Å². The van der Waals surface area contributed by atoms with E-state index in [-0.39, 0.29) is 0 Å². The van der Waals surface area contributed by atoms with Crippen LogP contribution in [0.25, 0.3) is 70.5 Å². The summed E-state index contributed by atoms with van der Waals surface area (Å²) in [4.78, 5) is 22.0. The molecule has 0 saturated carbocycles. The van der Waals surface area contributed by atoms with Gasteiger partial charge in [0.2, 0.25) is 0 Å². The molecule has 8 aromatic rings. The quantitative estimate of drug-likeness (QED) is 0.0356. The van der Waals surface area contributed by atoms with Crippen molar-refractivity contribution in [2.75, 3.05) is 0 Å². The van der Waals surface area contributed by atoms with Crippen molar-refractivity contribution >= 4 is 132 Å². The van der Waals surface area contributed by atoms with Gasteiger partial charge in [-0.05, 0) is 96.5 Å². The van der Waals surface area contributed by atoms with Crippen molar-refractivity contribution in [3.05, 3.63) is 66.0 Å². The number of aryl methyl sites for hydroxylation is 2. The van der Waals surface area contributed by atoms with Crippen molar-refractivity contribution in [2.45, 2.75) is 286 Å². The Kier molecular flexibility index (Phi) is 29.8. The lowest BCUT2D eigenvalue weighted by Crippen LogP contribution is -2.04. The van der Waals surface area contributed by atoms with Gasteiger partial charge in [-0.2, -0.15) is 0 Å². The Balaban J connectivity index is 1.20. The second kappa shape index (κ2) is 36.7. The van der Waals surface area contributed by atoms with Crippen LogP contribution < -0.4 is 0 Å². The normalized spacial score (nSPS) is 12.9. The summed E-state index contributed by atoms with van der Waals surface area (Å²) in [5.41, 5.74) is 7.04. The van der Waals surface area contributed by atoms with E-state index < -0.39 is 0 Å². The van der Waals surface area contributed by atoms with Crippen LogP contribution in [-0.4, -0.2) is 9.97 Å². The Morgan fingerprint density at radius 2 is 0.699 bits per heavy atom. The average molecular weight is 1290 g/mol. The van der Waals surface area contributed by atoms with Crippen LogP contribution in [0.1, 0.15) is 281 Å². The summed E-state index contributed by atoms with van der Waals surface area (Å²) >= 11 is 28.5. The number of rotatable bonds is 44. The molecule has 8 rings (SSSR count). The van der Waals surface area contributed by atoms with Crippen LogP contribution in [0.3, 0.4) is 0 Å². The van der Waals surface area contributed by atoms with Crippen LogP contribution in [0.2, 0.25) is 10.0 Å². The molecule has 0 aromatic carbocycles. The molecule has 0 saturated heterocycles. The highest BCUT2D eigenvalue weighted by molar-refractivity contribution is 7.34. The molecular weight excluding hydrogens is 1190 g/mol. The number of hydrogen-bond donors (Lipinski definition) is 0. The van der Waals surface area contributed by atoms with Crippen molar-refractivity contribution < 1.29 is 0 Å². The van der Waals surface area contributed by atoms with Gasteiger partial charge >= 0.3 is 0 Å². The molecule has 0 bridgehead atoms. The van der Waals surface area contributed by atoms with Crippen LogP contribution in [-0.2, 0) is 25.7 Å². The van der Waals surface area contributed by atoms with Crippen LogP contribution in [0.5, 0.6) is 0 Å². The van der Waals surface area contributed by atoms with E-state index in [0.717, 1.165) is 67.9 Å². The van der Waals surface area contributed by atoms with Crippen LogP contribution in [0.4, 0.5) is 0 Å². The topological polar surface area (TPSA) is 25.8 Å². The third-order valence-corrected chi connectivity index (χ3v) is 26.9. The molecule has 2 atom stereocenters. The molecule has 2 unspecified atom stereocenters. The third-order valence-electron chi connectivity index (χ3n) is 17.5. The highest BCUT2D eigenvalue weighted by Crippen LogP contribution is 2.53. The van der Waals surface area contributed by atoms with E-state index in [9.17, 15) is 0 Å². The molecule has 8 aromatic heterocycles. The number of nitrogens with zero attached hydrogens (tertiary/aromatic N) is 2. The first-order chi connectivity index (χ1) is 40.8. The molecule has 0 aliphatic carbocycles. The average Bonchev–Trinajstić information content (AvgIpc) is 4.52. The van der Waals surface area contributed by atoms with Crippen molar-refractivity contribution in [1.82, 2.24) is 9.97 Å². The van der Waals surface area contributed by atoms with Crippen molar-refractivity contribution in [1.29, 1.82) is 0 Å². The maximum atomic E-state index is 7.47. The molecule has 11 heteroatoms. The molecule has 0 radical (unpaired) electrons. The van der Waals surface area contributed by atoms with Crippen LogP contribution in [0, 0.1) is 11.8 Å². The lowest BCUT2D eigenvalue weighted by Gasteiger charge is -2.16. The molecule has 456 valence electrons. The fourth-order valence-electron chi connectivity index (χ4n) is 12.4. The van der Waals surface area contributed by atoms with Crippen molar-refractivity contribution in [3.63, 3.8) is 0 Å². The van der Waals surface area contributed by atoms with E-state index in [1.807, 2.05) is 79.4 Å². The molecule has 0 aliphatic rings. The maximum absolute atomic E-state index is 7.47. The van der Waals surface area contributed by atoms with E-state index in [4.69, 9.17) is 33.2 Å². The zero-order valence-electron chi connectivity index (χ0n) is 52.0. The first-order valence-electron chi connectivity index (χ1n) is 33.7. The molecule has 0 N–H and O–H groups in total. The predicted molar refractivity (Wildman–Crippen MR) is 384 cm³/mol. The molecule has 0 spiro atoms. The van der Waals surface area contributed by atoms with Gasteiger partial charge in [-0.3, -0.25) is 0 Å². The van der Waals surface area contributed by atoms with Gasteiger partial charge in [0.25, 0.3) is 0 Å². The predicted octanol–water partition coefficient (Wildman–Crippen LogP) is 29.1. The lowest BCUT2D eigenvalue weighted by molar-refractivity contribution is 0.412. The number of unbranched alkanes of at least 4 members (excludes halogenated alkanes) is 24. The summed E-state index contributed by atoms with van der Waals surface area (Å²) in [7, 11) is 0. The van der Waals surface area contributed by atoms with Gasteiger partial charge < -0.3 is 0 Å². The molecule has 2 nitrogen and oxygen atoms in total. The van der Waals surface area contributed by atoms with Crippen molar-refractivity contribution in [3.8, 4) is 40.7 Å². The number of halogens is 2. The van der Waals surface area contributed by atoms with Gasteiger partial charge in [0.1, 0.15) is 22.4 Å². The SMILES string of the molecule is CCCCCCCCCCCc1csc2cc(-c3sc(-c4cc5scc(CCCCCCCCCCC)c5s4)c4nc(-c5cc(Cl)c(CC(CCCC)CCCCCC)s5)c(-c5cc(Cl)c(CC(CCCC)CCCCCC)s5)nc34)sc12. The zero-order valence-corrected chi connectivity index (χ0v) is 59.2. The smallest absolute Gasteiger partial charge is 0.110 e. The number of aromatic nitrogens is 2. The molecule has 8 heterocycles.